The summed E-state index contributed by atoms with van der Waals surface area (Å²) in [4.78, 5) is 16.5. The molecule has 0 radical (unpaired) electrons. The van der Waals surface area contributed by atoms with E-state index < -0.39 is 6.09 Å². The number of rotatable bonds is 5. The van der Waals surface area contributed by atoms with Gasteiger partial charge in [-0.2, -0.15) is 4.68 Å². The highest BCUT2D eigenvalue weighted by Gasteiger charge is 2.16. The smallest absolute Gasteiger partial charge is 0.410 e. The monoisotopic (exact) mass is 429 g/mol. The number of carbonyl (C=O) groups excluding carboxylic acids is 1. The largest absolute Gasteiger partial charge is 0.418 e. The molecule has 0 atom stereocenters. The quantitative estimate of drug-likeness (QED) is 0.484. The van der Waals surface area contributed by atoms with Gasteiger partial charge < -0.3 is 10.5 Å². The first-order chi connectivity index (χ1) is 15.4. The predicted octanol–water partition coefficient (Wildman–Crippen LogP) is 4.35. The molecule has 32 heavy (non-hydrogen) atoms. The molecule has 9 heteroatoms. The van der Waals surface area contributed by atoms with E-state index in [1.807, 2.05) is 51.1 Å². The molecule has 3 N–H and O–H groups in total. The Morgan fingerprint density at radius 3 is 2.56 bits per heavy atom. The second kappa shape index (κ2) is 8.84. The highest BCUT2D eigenvalue weighted by molar-refractivity contribution is 5.85. The number of pyridine rings is 1. The summed E-state index contributed by atoms with van der Waals surface area (Å²) in [7, 11) is 0. The number of nitrogens with one attached hydrogen (secondary N) is 1. The molecule has 0 unspecified atom stereocenters. The summed E-state index contributed by atoms with van der Waals surface area (Å²) in [6.07, 6.45) is -0.684. The lowest BCUT2D eigenvalue weighted by atomic mass is 10.0. The van der Waals surface area contributed by atoms with Crippen molar-refractivity contribution in [2.24, 2.45) is 0 Å². The van der Waals surface area contributed by atoms with Crippen LogP contribution in [0.4, 0.5) is 16.4 Å². The van der Waals surface area contributed by atoms with Crippen LogP contribution < -0.4 is 15.8 Å². The van der Waals surface area contributed by atoms with Gasteiger partial charge in [-0.3, -0.25) is 5.32 Å². The summed E-state index contributed by atoms with van der Waals surface area (Å²) in [5.74, 6) is 1.74. The van der Waals surface area contributed by atoms with Gasteiger partial charge in [0, 0.05) is 12.0 Å². The minimum Gasteiger partial charge on any atom is -0.410 e. The third-order valence-corrected chi connectivity index (χ3v) is 4.74. The molecule has 4 aromatic rings. The molecule has 0 spiro atoms. The van der Waals surface area contributed by atoms with Crippen molar-refractivity contribution < 1.29 is 9.53 Å². The second-order valence-electron chi connectivity index (χ2n) is 7.65. The van der Waals surface area contributed by atoms with Crippen molar-refractivity contribution in [3.8, 4) is 22.6 Å². The van der Waals surface area contributed by atoms with E-state index >= 15 is 0 Å². The fourth-order valence-electron chi connectivity index (χ4n) is 3.17. The van der Waals surface area contributed by atoms with Crippen molar-refractivity contribution in [1.82, 2.24) is 25.2 Å². The van der Waals surface area contributed by atoms with Gasteiger partial charge in [-0.05, 0) is 52.7 Å². The Bertz CT molecular complexity index is 1250. The Morgan fingerprint density at radius 1 is 1.06 bits per heavy atom. The molecular formula is C23H23N7O2. The molecule has 0 aliphatic heterocycles. The zero-order valence-corrected chi connectivity index (χ0v) is 18.0. The van der Waals surface area contributed by atoms with E-state index in [0.29, 0.717) is 28.9 Å². The molecule has 0 aliphatic carbocycles. The maximum atomic E-state index is 12.5. The lowest BCUT2D eigenvalue weighted by Crippen LogP contribution is -2.18. The number of aryl methyl sites for hydroxylation is 1. The zero-order valence-electron chi connectivity index (χ0n) is 18.0. The molecule has 0 aliphatic rings. The average Bonchev–Trinajstić information content (AvgIpc) is 3.24. The van der Waals surface area contributed by atoms with Gasteiger partial charge in [-0.15, -0.1) is 5.10 Å². The highest BCUT2D eigenvalue weighted by Crippen LogP contribution is 2.29. The number of anilines is 2. The Kier molecular flexibility index (Phi) is 5.80. The van der Waals surface area contributed by atoms with E-state index in [-0.39, 0.29) is 5.92 Å². The summed E-state index contributed by atoms with van der Waals surface area (Å²) in [6, 6.07) is 18.5. The second-order valence-corrected chi connectivity index (χ2v) is 7.65. The van der Waals surface area contributed by atoms with Crippen LogP contribution in [0, 0.1) is 6.92 Å². The van der Waals surface area contributed by atoms with E-state index in [9.17, 15) is 4.79 Å². The minimum absolute atomic E-state index is 0.107. The standard InChI is InChI=1S/C23H23N7O2/c1-14(2)22-27-28-29-30(22)18-11-17(16-9-7-15(3)8-10-16)12-19(13-18)32-23(31)26-21-6-4-5-20(24)25-21/h4-14H,1-3H3,(H3,24,25,26,31). The van der Waals surface area contributed by atoms with Gasteiger partial charge in [0.05, 0.1) is 5.69 Å². The number of tetrazole rings is 1. The van der Waals surface area contributed by atoms with Gasteiger partial charge in [0.2, 0.25) is 0 Å². The number of hydrogen-bond acceptors (Lipinski definition) is 7. The molecule has 0 fully saturated rings. The van der Waals surface area contributed by atoms with Crippen molar-refractivity contribution >= 4 is 17.7 Å². The van der Waals surface area contributed by atoms with Gasteiger partial charge in [0.25, 0.3) is 0 Å². The molecule has 2 aromatic heterocycles. The van der Waals surface area contributed by atoms with Gasteiger partial charge in [-0.1, -0.05) is 49.7 Å². The van der Waals surface area contributed by atoms with Crippen LogP contribution in [0.2, 0.25) is 0 Å². The number of nitrogen functional groups attached to an aromatic ring is 1. The number of aromatic nitrogens is 5. The minimum atomic E-state index is -0.684. The SMILES string of the molecule is Cc1ccc(-c2cc(OC(=O)Nc3cccc(N)n3)cc(-n3nnnc3C(C)C)c2)cc1. The van der Waals surface area contributed by atoms with Crippen LogP contribution in [-0.2, 0) is 0 Å². The fourth-order valence-corrected chi connectivity index (χ4v) is 3.17. The van der Waals surface area contributed by atoms with E-state index in [2.05, 4.69) is 25.8 Å². The number of ether oxygens (including phenoxy) is 1. The van der Waals surface area contributed by atoms with E-state index in [1.54, 1.807) is 35.0 Å². The molecule has 162 valence electrons. The molecule has 9 nitrogen and oxygen atoms in total. The van der Waals surface area contributed by atoms with Crippen LogP contribution in [0.5, 0.6) is 5.75 Å². The Balaban J connectivity index is 1.70. The molecule has 0 saturated carbocycles. The predicted molar refractivity (Wildman–Crippen MR) is 122 cm³/mol. The molecular weight excluding hydrogens is 406 g/mol. The molecule has 0 bridgehead atoms. The third kappa shape index (κ3) is 4.72. The number of nitrogens with two attached hydrogens (primary N) is 1. The van der Waals surface area contributed by atoms with Gasteiger partial charge in [-0.25, -0.2) is 9.78 Å². The van der Waals surface area contributed by atoms with Crippen LogP contribution >= 0.6 is 0 Å². The summed E-state index contributed by atoms with van der Waals surface area (Å²) in [5, 5.41) is 14.6. The highest BCUT2D eigenvalue weighted by atomic mass is 16.6. The van der Waals surface area contributed by atoms with E-state index in [1.165, 1.54) is 0 Å². The Labute approximate surface area is 185 Å². The van der Waals surface area contributed by atoms with Crippen LogP contribution in [0.1, 0.15) is 31.2 Å². The van der Waals surface area contributed by atoms with Crippen molar-refractivity contribution in [3.05, 3.63) is 72.1 Å². The van der Waals surface area contributed by atoms with E-state index in [0.717, 1.165) is 16.7 Å². The zero-order chi connectivity index (χ0) is 22.7. The summed E-state index contributed by atoms with van der Waals surface area (Å²) in [6.45, 7) is 6.05. The van der Waals surface area contributed by atoms with Crippen molar-refractivity contribution in [1.29, 1.82) is 0 Å². The van der Waals surface area contributed by atoms with Crippen LogP contribution in [0.3, 0.4) is 0 Å². The first-order valence-corrected chi connectivity index (χ1v) is 10.1. The number of nitrogens with zero attached hydrogens (tertiary/aromatic N) is 5. The average molecular weight is 429 g/mol. The molecule has 1 amide bonds. The molecule has 4 rings (SSSR count). The topological polar surface area (TPSA) is 121 Å². The number of benzene rings is 2. The van der Waals surface area contributed by atoms with E-state index in [4.69, 9.17) is 10.5 Å². The maximum absolute atomic E-state index is 12.5. The normalized spacial score (nSPS) is 10.9. The lowest BCUT2D eigenvalue weighted by molar-refractivity contribution is 0.215. The summed E-state index contributed by atoms with van der Waals surface area (Å²) >= 11 is 0. The first kappa shape index (κ1) is 21.0. The molecule has 2 heterocycles. The van der Waals surface area contributed by atoms with Crippen LogP contribution in [0.15, 0.2) is 60.7 Å². The van der Waals surface area contributed by atoms with Crippen LogP contribution in [-0.4, -0.2) is 31.3 Å². The maximum Gasteiger partial charge on any atom is 0.418 e. The Hall–Kier alpha value is -4.27. The van der Waals surface area contributed by atoms with Crippen molar-refractivity contribution in [3.63, 3.8) is 0 Å². The Morgan fingerprint density at radius 2 is 1.84 bits per heavy atom. The third-order valence-electron chi connectivity index (χ3n) is 4.74. The van der Waals surface area contributed by atoms with Gasteiger partial charge in [0.15, 0.2) is 5.82 Å². The number of amides is 1. The van der Waals surface area contributed by atoms with Gasteiger partial charge >= 0.3 is 6.09 Å². The van der Waals surface area contributed by atoms with Crippen molar-refractivity contribution in [2.45, 2.75) is 26.7 Å². The molecule has 2 aromatic carbocycles. The van der Waals surface area contributed by atoms with Crippen LogP contribution in [0.25, 0.3) is 16.8 Å². The summed E-state index contributed by atoms with van der Waals surface area (Å²) in [5.41, 5.74) is 9.33. The first-order valence-electron chi connectivity index (χ1n) is 10.1. The lowest BCUT2D eigenvalue weighted by Gasteiger charge is -2.13. The number of hydrogen-bond donors (Lipinski definition) is 2. The molecule has 0 saturated heterocycles. The summed E-state index contributed by atoms with van der Waals surface area (Å²) < 4.78 is 7.22. The van der Waals surface area contributed by atoms with Crippen molar-refractivity contribution in [2.75, 3.05) is 11.1 Å². The number of carbonyl (C=O) groups is 1. The van der Waals surface area contributed by atoms with Gasteiger partial charge in [0.1, 0.15) is 17.4 Å². The fraction of sp³-hybridized carbons (Fsp3) is 0.174.